The van der Waals surface area contributed by atoms with Crippen molar-refractivity contribution in [3.63, 3.8) is 0 Å². The second-order valence-electron chi connectivity index (χ2n) is 6.12. The average Bonchev–Trinajstić information content (AvgIpc) is 3.11. The molecular weight excluding hydrogens is 326 g/mol. The van der Waals surface area contributed by atoms with E-state index in [1.165, 1.54) is 5.56 Å². The molecule has 0 unspecified atom stereocenters. The molecule has 1 aliphatic rings. The van der Waals surface area contributed by atoms with Gasteiger partial charge in [-0.15, -0.1) is 0 Å². The van der Waals surface area contributed by atoms with Gasteiger partial charge in [-0.05, 0) is 41.4 Å². The first kappa shape index (κ1) is 15.9. The van der Waals surface area contributed by atoms with E-state index >= 15 is 0 Å². The Bertz CT molecular complexity index is 824. The number of hydrogen-bond donors (Lipinski definition) is 0. The third-order valence-electron chi connectivity index (χ3n) is 4.53. The molecule has 0 aromatic heterocycles. The molecule has 25 heavy (non-hydrogen) atoms. The molecule has 3 aromatic carbocycles. The first-order valence-corrected chi connectivity index (χ1v) is 8.90. The van der Waals surface area contributed by atoms with E-state index < -0.39 is 0 Å². The van der Waals surface area contributed by atoms with Crippen LogP contribution in [0.2, 0.25) is 0 Å². The lowest BCUT2D eigenvalue weighted by atomic mass is 10.0. The molecule has 1 heterocycles. The molecule has 0 atom stereocenters. The lowest BCUT2D eigenvalue weighted by Gasteiger charge is -2.26. The molecule has 0 bridgehead atoms. The Morgan fingerprint density at radius 2 is 1.36 bits per heavy atom. The van der Waals surface area contributed by atoms with Crippen molar-refractivity contribution in [2.75, 3.05) is 11.4 Å². The van der Waals surface area contributed by atoms with Crippen LogP contribution >= 0.6 is 12.2 Å². The fraction of sp³-hybridized carbons (Fsp3) is 0.136. The average molecular weight is 345 g/mol. The minimum atomic E-state index is -0.206. The van der Waals surface area contributed by atoms with Crippen molar-refractivity contribution in [2.45, 2.75) is 12.5 Å². The Morgan fingerprint density at radius 3 is 2.00 bits per heavy atom. The fourth-order valence-corrected chi connectivity index (χ4v) is 3.56. The van der Waals surface area contributed by atoms with Gasteiger partial charge in [0.05, 0.1) is 0 Å². The van der Waals surface area contributed by atoms with Crippen LogP contribution in [0.5, 0.6) is 0 Å². The summed E-state index contributed by atoms with van der Waals surface area (Å²) in [6.07, 6.45) is 0.795. The molecule has 3 aromatic rings. The molecule has 2 nitrogen and oxygen atoms in total. The lowest BCUT2D eigenvalue weighted by Crippen LogP contribution is -2.30. The van der Waals surface area contributed by atoms with E-state index in [1.807, 2.05) is 42.5 Å². The van der Waals surface area contributed by atoms with Gasteiger partial charge in [-0.1, -0.05) is 78.9 Å². The highest BCUT2D eigenvalue weighted by Crippen LogP contribution is 2.31. The van der Waals surface area contributed by atoms with Crippen molar-refractivity contribution in [3.8, 4) is 0 Å². The number of rotatable bonds is 3. The normalized spacial score (nSPS) is 12.9. The number of ether oxygens (including phenoxy) is 1. The van der Waals surface area contributed by atoms with E-state index in [2.05, 4.69) is 47.4 Å². The summed E-state index contributed by atoms with van der Waals surface area (Å²) < 4.78 is 6.32. The van der Waals surface area contributed by atoms with Crippen molar-refractivity contribution >= 4 is 23.1 Å². The van der Waals surface area contributed by atoms with Gasteiger partial charge in [0.25, 0.3) is 5.17 Å². The van der Waals surface area contributed by atoms with E-state index in [1.54, 1.807) is 0 Å². The zero-order valence-electron chi connectivity index (χ0n) is 13.8. The standard InChI is InChI=1S/C22H19NOS/c25-22(23-16-15-17-9-7-8-14-20(17)23)24-21(18-10-3-1-4-11-18)19-12-5-2-6-13-19/h1-14,21H,15-16H2. The Labute approximate surface area is 153 Å². The van der Waals surface area contributed by atoms with Crippen LogP contribution < -0.4 is 4.90 Å². The fourth-order valence-electron chi connectivity index (χ4n) is 3.28. The van der Waals surface area contributed by atoms with Crippen LogP contribution in [-0.4, -0.2) is 11.7 Å². The van der Waals surface area contributed by atoms with Gasteiger partial charge in [-0.2, -0.15) is 0 Å². The van der Waals surface area contributed by atoms with E-state index in [9.17, 15) is 0 Å². The quantitative estimate of drug-likeness (QED) is 0.610. The summed E-state index contributed by atoms with van der Waals surface area (Å²) >= 11 is 5.67. The lowest BCUT2D eigenvalue weighted by molar-refractivity contribution is 0.234. The second-order valence-corrected chi connectivity index (χ2v) is 6.46. The van der Waals surface area contributed by atoms with Crippen molar-refractivity contribution in [2.24, 2.45) is 0 Å². The van der Waals surface area contributed by atoms with E-state index in [0.717, 1.165) is 29.8 Å². The summed E-state index contributed by atoms with van der Waals surface area (Å²) in [5.74, 6) is 0. The number of hydrogen-bond acceptors (Lipinski definition) is 2. The Kier molecular flexibility index (Phi) is 4.49. The summed E-state index contributed by atoms with van der Waals surface area (Å²) in [5, 5.41) is 0.530. The van der Waals surface area contributed by atoms with Gasteiger partial charge in [-0.25, -0.2) is 0 Å². The third-order valence-corrected chi connectivity index (χ3v) is 4.85. The monoisotopic (exact) mass is 345 g/mol. The van der Waals surface area contributed by atoms with Crippen LogP contribution in [0.25, 0.3) is 0 Å². The number of anilines is 1. The Balaban J connectivity index is 1.62. The minimum absolute atomic E-state index is 0.206. The zero-order chi connectivity index (χ0) is 17.1. The molecular formula is C22H19NOS. The maximum Gasteiger partial charge on any atom is 0.264 e. The van der Waals surface area contributed by atoms with Crippen molar-refractivity contribution in [1.29, 1.82) is 0 Å². The predicted octanol–water partition coefficient (Wildman–Crippen LogP) is 5.14. The zero-order valence-corrected chi connectivity index (χ0v) is 14.7. The molecule has 4 rings (SSSR count). The SMILES string of the molecule is S=C(OC(c1ccccc1)c1ccccc1)N1CCc2ccccc21. The Morgan fingerprint density at radius 1 is 0.800 bits per heavy atom. The predicted molar refractivity (Wildman–Crippen MR) is 106 cm³/mol. The number of nitrogens with zero attached hydrogens (tertiary/aromatic N) is 1. The summed E-state index contributed by atoms with van der Waals surface area (Å²) in [5.41, 5.74) is 4.68. The molecule has 124 valence electrons. The maximum absolute atomic E-state index is 6.32. The molecule has 0 saturated heterocycles. The van der Waals surface area contributed by atoms with Crippen molar-refractivity contribution in [3.05, 3.63) is 102 Å². The summed E-state index contributed by atoms with van der Waals surface area (Å²) in [4.78, 5) is 2.10. The largest absolute Gasteiger partial charge is 0.458 e. The van der Waals surface area contributed by atoms with Gasteiger partial charge in [0, 0.05) is 12.2 Å². The van der Waals surface area contributed by atoms with E-state index in [-0.39, 0.29) is 6.10 Å². The number of para-hydroxylation sites is 1. The highest BCUT2D eigenvalue weighted by atomic mass is 32.1. The number of thiocarbonyl (C=S) groups is 1. The smallest absolute Gasteiger partial charge is 0.264 e. The maximum atomic E-state index is 6.32. The molecule has 0 spiro atoms. The highest BCUT2D eigenvalue weighted by Gasteiger charge is 2.26. The van der Waals surface area contributed by atoms with Gasteiger partial charge in [0.2, 0.25) is 0 Å². The van der Waals surface area contributed by atoms with Crippen LogP contribution in [-0.2, 0) is 11.2 Å². The summed E-state index contributed by atoms with van der Waals surface area (Å²) in [6.45, 7) is 0.870. The second kappa shape index (κ2) is 7.08. The number of benzene rings is 3. The van der Waals surface area contributed by atoms with Gasteiger partial charge < -0.3 is 9.64 Å². The molecule has 0 aliphatic carbocycles. The van der Waals surface area contributed by atoms with Crippen molar-refractivity contribution in [1.82, 2.24) is 0 Å². The van der Waals surface area contributed by atoms with Crippen molar-refractivity contribution < 1.29 is 4.74 Å². The van der Waals surface area contributed by atoms with Crippen LogP contribution in [0.1, 0.15) is 22.8 Å². The molecule has 0 saturated carbocycles. The summed E-state index contributed by atoms with van der Waals surface area (Å²) in [7, 11) is 0. The van der Waals surface area contributed by atoms with E-state index in [0.29, 0.717) is 5.17 Å². The van der Waals surface area contributed by atoms with Gasteiger partial charge in [0.1, 0.15) is 0 Å². The molecule has 0 amide bonds. The van der Waals surface area contributed by atoms with Crippen LogP contribution in [0.15, 0.2) is 84.9 Å². The minimum Gasteiger partial charge on any atom is -0.458 e. The van der Waals surface area contributed by atoms with Gasteiger partial charge >= 0.3 is 0 Å². The molecule has 0 fully saturated rings. The third kappa shape index (κ3) is 3.28. The first-order valence-electron chi connectivity index (χ1n) is 8.49. The molecule has 0 radical (unpaired) electrons. The molecule has 1 aliphatic heterocycles. The van der Waals surface area contributed by atoms with Gasteiger partial charge in [0.15, 0.2) is 6.10 Å². The first-order chi connectivity index (χ1) is 12.3. The highest BCUT2D eigenvalue weighted by molar-refractivity contribution is 7.80. The van der Waals surface area contributed by atoms with Crippen LogP contribution in [0.4, 0.5) is 5.69 Å². The Hall–Kier alpha value is -2.65. The van der Waals surface area contributed by atoms with Crippen LogP contribution in [0, 0.1) is 0 Å². The molecule has 3 heteroatoms. The summed E-state index contributed by atoms with van der Waals surface area (Å²) in [6, 6.07) is 28.9. The van der Waals surface area contributed by atoms with Gasteiger partial charge in [-0.3, -0.25) is 0 Å². The van der Waals surface area contributed by atoms with Crippen LogP contribution in [0.3, 0.4) is 0 Å². The molecule has 0 N–H and O–H groups in total. The number of fused-ring (bicyclic) bond motifs is 1. The topological polar surface area (TPSA) is 12.5 Å². The van der Waals surface area contributed by atoms with E-state index in [4.69, 9.17) is 17.0 Å².